The minimum Gasteiger partial charge on any atom is -0.323 e. The lowest BCUT2D eigenvalue weighted by atomic mass is 10.2. The second-order valence-corrected chi connectivity index (χ2v) is 3.58. The number of fused-ring (bicyclic) bond motifs is 1. The summed E-state index contributed by atoms with van der Waals surface area (Å²) in [6.07, 6.45) is 4.82. The van der Waals surface area contributed by atoms with E-state index < -0.39 is 0 Å². The molecule has 3 nitrogen and oxygen atoms in total. The number of imidazole rings is 1. The Morgan fingerprint density at radius 1 is 1.57 bits per heavy atom. The highest BCUT2D eigenvalue weighted by molar-refractivity contribution is 5.48. The van der Waals surface area contributed by atoms with E-state index in [2.05, 4.69) is 29.3 Å². The molecule has 0 aromatic carbocycles. The maximum atomic E-state index is 5.99. The second kappa shape index (κ2) is 3.42. The summed E-state index contributed by atoms with van der Waals surface area (Å²) < 4.78 is 2.07. The van der Waals surface area contributed by atoms with Crippen molar-refractivity contribution in [3.8, 4) is 0 Å². The van der Waals surface area contributed by atoms with Crippen molar-refractivity contribution in [1.29, 1.82) is 0 Å². The lowest BCUT2D eigenvalue weighted by Gasteiger charge is -2.08. The molecule has 2 heterocycles. The summed E-state index contributed by atoms with van der Waals surface area (Å²) in [5.74, 6) is 0. The molecular formula is C11H15N3. The van der Waals surface area contributed by atoms with Crippen molar-refractivity contribution in [1.82, 2.24) is 9.38 Å². The molecule has 1 atom stereocenters. The van der Waals surface area contributed by atoms with Crippen LogP contribution >= 0.6 is 0 Å². The number of nitrogens with two attached hydrogens (primary N) is 1. The Morgan fingerprint density at radius 3 is 3.07 bits per heavy atom. The van der Waals surface area contributed by atoms with Crippen LogP contribution in [0.2, 0.25) is 0 Å². The highest BCUT2D eigenvalue weighted by Gasteiger charge is 2.09. The first kappa shape index (κ1) is 9.21. The van der Waals surface area contributed by atoms with E-state index in [0.717, 1.165) is 17.8 Å². The fraction of sp³-hybridized carbons (Fsp3) is 0.364. The number of aromatic nitrogens is 2. The van der Waals surface area contributed by atoms with E-state index >= 15 is 0 Å². The molecule has 14 heavy (non-hydrogen) atoms. The summed E-state index contributed by atoms with van der Waals surface area (Å²) in [4.78, 5) is 4.37. The van der Waals surface area contributed by atoms with Gasteiger partial charge in [0.05, 0.1) is 11.9 Å². The van der Waals surface area contributed by atoms with Gasteiger partial charge in [-0.15, -0.1) is 0 Å². The van der Waals surface area contributed by atoms with Crippen LogP contribution in [0.25, 0.3) is 5.65 Å². The van der Waals surface area contributed by atoms with Crippen LogP contribution in [0.1, 0.15) is 30.6 Å². The summed E-state index contributed by atoms with van der Waals surface area (Å²) in [5.41, 5.74) is 9.27. The third-order valence-corrected chi connectivity index (χ3v) is 2.58. The number of hydrogen-bond acceptors (Lipinski definition) is 2. The van der Waals surface area contributed by atoms with Crippen LogP contribution in [0, 0.1) is 6.92 Å². The van der Waals surface area contributed by atoms with Crippen LogP contribution in [-0.4, -0.2) is 9.38 Å². The fourth-order valence-corrected chi connectivity index (χ4v) is 1.65. The molecule has 0 unspecified atom stereocenters. The highest BCUT2D eigenvalue weighted by Crippen LogP contribution is 2.17. The fourth-order valence-electron chi connectivity index (χ4n) is 1.65. The van der Waals surface area contributed by atoms with Gasteiger partial charge >= 0.3 is 0 Å². The van der Waals surface area contributed by atoms with Gasteiger partial charge in [0, 0.05) is 12.2 Å². The van der Waals surface area contributed by atoms with Crippen LogP contribution in [-0.2, 0) is 0 Å². The SMILES string of the molecule is CC[C@@H](N)c1cnc2c(C)cccn12. The number of aryl methyl sites for hydroxylation is 1. The summed E-state index contributed by atoms with van der Waals surface area (Å²) in [5, 5.41) is 0. The molecule has 3 heteroatoms. The Balaban J connectivity index is 2.63. The first-order valence-corrected chi connectivity index (χ1v) is 4.92. The van der Waals surface area contributed by atoms with Crippen molar-refractivity contribution in [3.05, 3.63) is 35.8 Å². The Hall–Kier alpha value is -1.35. The average molecular weight is 189 g/mol. The van der Waals surface area contributed by atoms with Crippen LogP contribution in [0.3, 0.4) is 0 Å². The van der Waals surface area contributed by atoms with Crippen molar-refractivity contribution >= 4 is 5.65 Å². The summed E-state index contributed by atoms with van der Waals surface area (Å²) in [6, 6.07) is 4.16. The van der Waals surface area contributed by atoms with Gasteiger partial charge in [-0.1, -0.05) is 13.0 Å². The summed E-state index contributed by atoms with van der Waals surface area (Å²) >= 11 is 0. The lowest BCUT2D eigenvalue weighted by molar-refractivity contribution is 0.669. The molecule has 0 aliphatic carbocycles. The van der Waals surface area contributed by atoms with E-state index in [-0.39, 0.29) is 6.04 Å². The Bertz CT molecular complexity index is 445. The zero-order valence-corrected chi connectivity index (χ0v) is 8.57. The van der Waals surface area contributed by atoms with E-state index in [9.17, 15) is 0 Å². The lowest BCUT2D eigenvalue weighted by Crippen LogP contribution is -2.11. The quantitative estimate of drug-likeness (QED) is 0.785. The molecule has 0 aliphatic heterocycles. The normalized spacial score (nSPS) is 13.4. The first-order chi connectivity index (χ1) is 6.74. The first-order valence-electron chi connectivity index (χ1n) is 4.92. The van der Waals surface area contributed by atoms with Crippen LogP contribution < -0.4 is 5.73 Å². The molecule has 0 saturated heterocycles. The standard InChI is InChI=1S/C11H15N3/c1-3-9(12)10-7-13-11-8(2)5-4-6-14(10)11/h4-7,9H,3,12H2,1-2H3/t9-/m1/s1. The largest absolute Gasteiger partial charge is 0.323 e. The van der Waals surface area contributed by atoms with E-state index in [0.29, 0.717) is 0 Å². The number of pyridine rings is 1. The average Bonchev–Trinajstić information content (AvgIpc) is 2.62. The van der Waals surface area contributed by atoms with Gasteiger partial charge in [-0.2, -0.15) is 0 Å². The summed E-state index contributed by atoms with van der Waals surface area (Å²) in [6.45, 7) is 4.14. The van der Waals surface area contributed by atoms with E-state index in [1.807, 2.05) is 18.5 Å². The molecule has 2 aromatic heterocycles. The van der Waals surface area contributed by atoms with Crippen molar-refractivity contribution in [2.24, 2.45) is 5.73 Å². The Labute approximate surface area is 83.6 Å². The smallest absolute Gasteiger partial charge is 0.139 e. The number of rotatable bonds is 2. The molecule has 0 radical (unpaired) electrons. The Kier molecular flexibility index (Phi) is 2.25. The molecule has 2 rings (SSSR count). The van der Waals surface area contributed by atoms with Crippen molar-refractivity contribution in [2.45, 2.75) is 26.3 Å². The minimum absolute atomic E-state index is 0.0757. The number of nitrogens with zero attached hydrogens (tertiary/aromatic N) is 2. The monoisotopic (exact) mass is 189 g/mol. The van der Waals surface area contributed by atoms with Gasteiger partial charge in [0.15, 0.2) is 0 Å². The predicted molar refractivity (Wildman–Crippen MR) is 57.1 cm³/mol. The molecule has 0 spiro atoms. The van der Waals surface area contributed by atoms with Crippen LogP contribution in [0.4, 0.5) is 0 Å². The molecule has 0 bridgehead atoms. The van der Waals surface area contributed by atoms with Crippen LogP contribution in [0.15, 0.2) is 24.5 Å². The predicted octanol–water partition coefficient (Wildman–Crippen LogP) is 2.05. The van der Waals surface area contributed by atoms with Gasteiger partial charge in [-0.05, 0) is 25.0 Å². The van der Waals surface area contributed by atoms with Crippen molar-refractivity contribution in [3.63, 3.8) is 0 Å². The van der Waals surface area contributed by atoms with Gasteiger partial charge in [0.2, 0.25) is 0 Å². The van der Waals surface area contributed by atoms with Crippen molar-refractivity contribution < 1.29 is 0 Å². The molecule has 0 aliphatic rings. The van der Waals surface area contributed by atoms with Crippen molar-refractivity contribution in [2.75, 3.05) is 0 Å². The molecule has 0 fully saturated rings. The minimum atomic E-state index is 0.0757. The van der Waals surface area contributed by atoms with Gasteiger partial charge in [-0.3, -0.25) is 0 Å². The van der Waals surface area contributed by atoms with Gasteiger partial charge < -0.3 is 10.1 Å². The zero-order chi connectivity index (χ0) is 10.1. The highest BCUT2D eigenvalue weighted by atomic mass is 15.0. The molecule has 0 amide bonds. The second-order valence-electron chi connectivity index (χ2n) is 3.58. The summed E-state index contributed by atoms with van der Waals surface area (Å²) in [7, 11) is 0. The Morgan fingerprint density at radius 2 is 2.36 bits per heavy atom. The van der Waals surface area contributed by atoms with E-state index in [1.165, 1.54) is 5.56 Å². The molecule has 74 valence electrons. The third kappa shape index (κ3) is 1.30. The van der Waals surface area contributed by atoms with Gasteiger partial charge in [-0.25, -0.2) is 4.98 Å². The van der Waals surface area contributed by atoms with Gasteiger partial charge in [0.1, 0.15) is 5.65 Å². The van der Waals surface area contributed by atoms with Crippen LogP contribution in [0.5, 0.6) is 0 Å². The van der Waals surface area contributed by atoms with E-state index in [1.54, 1.807) is 0 Å². The molecule has 2 aromatic rings. The number of hydrogen-bond donors (Lipinski definition) is 1. The topological polar surface area (TPSA) is 43.3 Å². The zero-order valence-electron chi connectivity index (χ0n) is 8.57. The third-order valence-electron chi connectivity index (χ3n) is 2.58. The van der Waals surface area contributed by atoms with E-state index in [4.69, 9.17) is 5.73 Å². The molecular weight excluding hydrogens is 174 g/mol. The maximum absolute atomic E-state index is 5.99. The van der Waals surface area contributed by atoms with Gasteiger partial charge in [0.25, 0.3) is 0 Å². The molecule has 0 saturated carbocycles. The maximum Gasteiger partial charge on any atom is 0.139 e. The molecule has 2 N–H and O–H groups in total.